The molecule has 0 radical (unpaired) electrons. The number of hydrogen-bond donors (Lipinski definition) is 3. The summed E-state index contributed by atoms with van der Waals surface area (Å²) in [4.78, 5) is 33.2. The number of halogens is 2. The Labute approximate surface area is 220 Å². The fourth-order valence-electron chi connectivity index (χ4n) is 5.09. The molecule has 3 aliphatic heterocycles. The van der Waals surface area contributed by atoms with Crippen LogP contribution in [0.5, 0.6) is 0 Å². The first kappa shape index (κ1) is 25.3. The number of pyridine rings is 1. The van der Waals surface area contributed by atoms with Crippen molar-refractivity contribution in [2.75, 3.05) is 48.4 Å². The van der Waals surface area contributed by atoms with Crippen molar-refractivity contribution in [3.8, 4) is 0 Å². The molecule has 2 fully saturated rings. The number of morpholine rings is 1. The van der Waals surface area contributed by atoms with E-state index in [4.69, 9.17) is 16.3 Å². The maximum atomic E-state index is 15.5. The Morgan fingerprint density at radius 2 is 2.08 bits per heavy atom. The first-order chi connectivity index (χ1) is 17.9. The van der Waals surface area contributed by atoms with Gasteiger partial charge in [0.2, 0.25) is 5.91 Å². The Kier molecular flexibility index (Phi) is 7.21. The van der Waals surface area contributed by atoms with Gasteiger partial charge in [-0.05, 0) is 44.0 Å². The van der Waals surface area contributed by atoms with Crippen LogP contribution in [0, 0.1) is 5.82 Å². The molecule has 1 aromatic heterocycles. The molecule has 5 rings (SSSR count). The SMILES string of the molecule is C=CC(=O)N1CC(Nc2nc(Nc3ccc(N4CCOCC4)c(Cl)c3)c3c(c2F)CNC3=O)CCC1C. The third-order valence-electron chi connectivity index (χ3n) is 7.13. The summed E-state index contributed by atoms with van der Waals surface area (Å²) in [5.41, 5.74) is 1.96. The molecule has 3 aliphatic rings. The number of hydrogen-bond acceptors (Lipinski definition) is 7. The van der Waals surface area contributed by atoms with Crippen LogP contribution in [0.4, 0.5) is 27.4 Å². The van der Waals surface area contributed by atoms with Crippen molar-refractivity contribution < 1.29 is 18.7 Å². The maximum Gasteiger partial charge on any atom is 0.255 e. The number of likely N-dealkylation sites (tertiary alicyclic amines) is 1. The first-order valence-corrected chi connectivity index (χ1v) is 12.8. The highest BCUT2D eigenvalue weighted by atomic mass is 35.5. The topological polar surface area (TPSA) is 98.8 Å². The summed E-state index contributed by atoms with van der Waals surface area (Å²) >= 11 is 6.59. The van der Waals surface area contributed by atoms with Crippen LogP contribution in [0.1, 0.15) is 35.7 Å². The summed E-state index contributed by atoms with van der Waals surface area (Å²) in [6.07, 6.45) is 2.81. The van der Waals surface area contributed by atoms with Crippen LogP contribution in [0.15, 0.2) is 30.9 Å². The van der Waals surface area contributed by atoms with Gasteiger partial charge in [-0.3, -0.25) is 9.59 Å². The van der Waals surface area contributed by atoms with E-state index in [1.165, 1.54) is 6.08 Å². The van der Waals surface area contributed by atoms with Gasteiger partial charge in [0, 0.05) is 49.5 Å². The monoisotopic (exact) mass is 528 g/mol. The minimum atomic E-state index is -0.570. The van der Waals surface area contributed by atoms with Gasteiger partial charge in [-0.1, -0.05) is 18.2 Å². The van der Waals surface area contributed by atoms with Crippen LogP contribution in [0.25, 0.3) is 0 Å². The van der Waals surface area contributed by atoms with Crippen molar-refractivity contribution in [3.05, 3.63) is 52.8 Å². The van der Waals surface area contributed by atoms with E-state index in [9.17, 15) is 9.59 Å². The van der Waals surface area contributed by atoms with Gasteiger partial charge in [-0.15, -0.1) is 0 Å². The molecule has 37 heavy (non-hydrogen) atoms. The highest BCUT2D eigenvalue weighted by Crippen LogP contribution is 2.35. The van der Waals surface area contributed by atoms with E-state index in [1.807, 2.05) is 19.1 Å². The second-order valence-corrected chi connectivity index (χ2v) is 9.92. The Balaban J connectivity index is 1.41. The number of carbonyl (C=O) groups is 2. The predicted molar refractivity (Wildman–Crippen MR) is 141 cm³/mol. The molecule has 9 nitrogen and oxygen atoms in total. The normalized spacial score (nSPS) is 21.3. The molecule has 11 heteroatoms. The molecule has 2 atom stereocenters. The lowest BCUT2D eigenvalue weighted by atomic mass is 9.99. The number of benzene rings is 1. The molecule has 2 amide bonds. The van der Waals surface area contributed by atoms with Gasteiger partial charge < -0.3 is 30.5 Å². The van der Waals surface area contributed by atoms with Crippen molar-refractivity contribution in [1.29, 1.82) is 0 Å². The number of carbonyl (C=O) groups excluding carboxylic acids is 2. The molecule has 2 unspecified atom stereocenters. The second-order valence-electron chi connectivity index (χ2n) is 9.51. The molecule has 4 heterocycles. The van der Waals surface area contributed by atoms with Crippen molar-refractivity contribution in [1.82, 2.24) is 15.2 Å². The van der Waals surface area contributed by atoms with Crippen LogP contribution < -0.4 is 20.9 Å². The molecule has 196 valence electrons. The molecule has 1 aromatic carbocycles. The Bertz CT molecular complexity index is 1240. The highest BCUT2D eigenvalue weighted by Gasteiger charge is 2.33. The van der Waals surface area contributed by atoms with Gasteiger partial charge in [0.15, 0.2) is 11.6 Å². The lowest BCUT2D eigenvalue weighted by Crippen LogP contribution is -2.49. The molecular weight excluding hydrogens is 499 g/mol. The third-order valence-corrected chi connectivity index (χ3v) is 7.43. The van der Waals surface area contributed by atoms with Gasteiger partial charge in [-0.2, -0.15) is 0 Å². The Morgan fingerprint density at radius 3 is 2.81 bits per heavy atom. The predicted octanol–water partition coefficient (Wildman–Crippen LogP) is 3.68. The number of nitrogens with one attached hydrogen (secondary N) is 3. The summed E-state index contributed by atoms with van der Waals surface area (Å²) in [6.45, 7) is 8.85. The Hall–Kier alpha value is -3.37. The highest BCUT2D eigenvalue weighted by molar-refractivity contribution is 6.33. The van der Waals surface area contributed by atoms with Crippen LogP contribution in [0.3, 0.4) is 0 Å². The number of piperidine rings is 1. The number of amides is 2. The number of ether oxygens (including phenoxy) is 1. The van der Waals surface area contributed by atoms with Crippen LogP contribution in [-0.4, -0.2) is 66.6 Å². The van der Waals surface area contributed by atoms with E-state index < -0.39 is 5.82 Å². The number of nitrogens with zero attached hydrogens (tertiary/aromatic N) is 3. The van der Waals surface area contributed by atoms with E-state index in [2.05, 4.69) is 32.4 Å². The van der Waals surface area contributed by atoms with E-state index in [1.54, 1.807) is 11.0 Å². The molecule has 0 spiro atoms. The smallest absolute Gasteiger partial charge is 0.255 e. The quantitative estimate of drug-likeness (QED) is 0.492. The number of aromatic nitrogens is 1. The lowest BCUT2D eigenvalue weighted by Gasteiger charge is -2.38. The van der Waals surface area contributed by atoms with E-state index in [-0.39, 0.29) is 53.2 Å². The van der Waals surface area contributed by atoms with Gasteiger partial charge in [0.1, 0.15) is 5.82 Å². The third kappa shape index (κ3) is 5.08. The van der Waals surface area contributed by atoms with E-state index in [0.717, 1.165) is 31.6 Å². The molecule has 2 saturated heterocycles. The minimum Gasteiger partial charge on any atom is -0.378 e. The van der Waals surface area contributed by atoms with Gasteiger partial charge in [-0.25, -0.2) is 9.37 Å². The van der Waals surface area contributed by atoms with Crippen LogP contribution in [-0.2, 0) is 16.1 Å². The molecule has 2 aromatic rings. The Morgan fingerprint density at radius 1 is 1.30 bits per heavy atom. The van der Waals surface area contributed by atoms with Crippen LogP contribution in [0.2, 0.25) is 5.02 Å². The number of fused-ring (bicyclic) bond motifs is 1. The van der Waals surface area contributed by atoms with E-state index in [0.29, 0.717) is 30.5 Å². The van der Waals surface area contributed by atoms with Gasteiger partial charge in [0.05, 0.1) is 29.5 Å². The summed E-state index contributed by atoms with van der Waals surface area (Å²) in [5.74, 6) is -0.830. The molecule has 0 saturated carbocycles. The zero-order valence-electron chi connectivity index (χ0n) is 20.7. The summed E-state index contributed by atoms with van der Waals surface area (Å²) in [5, 5.41) is 9.58. The minimum absolute atomic E-state index is 0.0411. The summed E-state index contributed by atoms with van der Waals surface area (Å²) < 4.78 is 20.9. The van der Waals surface area contributed by atoms with Crippen molar-refractivity contribution in [3.63, 3.8) is 0 Å². The molecule has 3 N–H and O–H groups in total. The van der Waals surface area contributed by atoms with Gasteiger partial charge >= 0.3 is 0 Å². The molecule has 0 bridgehead atoms. The largest absolute Gasteiger partial charge is 0.378 e. The fourth-order valence-corrected chi connectivity index (χ4v) is 5.39. The average molecular weight is 529 g/mol. The molecular formula is C26H30ClFN6O3. The average Bonchev–Trinajstić information content (AvgIpc) is 3.30. The van der Waals surface area contributed by atoms with Gasteiger partial charge in [0.25, 0.3) is 5.91 Å². The number of anilines is 4. The first-order valence-electron chi connectivity index (χ1n) is 12.4. The van der Waals surface area contributed by atoms with E-state index >= 15 is 4.39 Å². The fraction of sp³-hybridized carbons (Fsp3) is 0.423. The standard InChI is InChI=1S/C26H30ClFN6O3/c1-3-21(35)34-14-17(5-4-15(34)2)31-25-23(28)18-13-29-26(36)22(18)24(32-25)30-16-6-7-20(19(27)12-16)33-8-10-37-11-9-33/h3,6-7,12,15,17H,1,4-5,8-11,13-14H2,2H3,(H,29,36)(H2,30,31,32). The van der Waals surface area contributed by atoms with Crippen molar-refractivity contribution >= 4 is 46.4 Å². The summed E-state index contributed by atoms with van der Waals surface area (Å²) in [7, 11) is 0. The maximum absolute atomic E-state index is 15.5. The summed E-state index contributed by atoms with van der Waals surface area (Å²) in [6, 6.07) is 5.42. The van der Waals surface area contributed by atoms with Crippen LogP contribution >= 0.6 is 11.6 Å². The zero-order chi connectivity index (χ0) is 26.1. The lowest BCUT2D eigenvalue weighted by molar-refractivity contribution is -0.129. The second kappa shape index (κ2) is 10.5. The molecule has 0 aliphatic carbocycles. The zero-order valence-corrected chi connectivity index (χ0v) is 21.4. The number of rotatable bonds is 6. The van der Waals surface area contributed by atoms with Crippen molar-refractivity contribution in [2.24, 2.45) is 0 Å². The van der Waals surface area contributed by atoms with Crippen molar-refractivity contribution in [2.45, 2.75) is 38.4 Å².